The molecule has 0 bridgehead atoms. The van der Waals surface area contributed by atoms with Crippen LogP contribution in [0, 0.1) is 0 Å². The van der Waals surface area contributed by atoms with E-state index in [1.54, 1.807) is 0 Å². The predicted molar refractivity (Wildman–Crippen MR) is 73.9 cm³/mol. The summed E-state index contributed by atoms with van der Waals surface area (Å²) in [5, 5.41) is 3.58. The highest BCUT2D eigenvalue weighted by Crippen LogP contribution is 2.12. The van der Waals surface area contributed by atoms with Gasteiger partial charge in [0.1, 0.15) is 0 Å². The van der Waals surface area contributed by atoms with Crippen molar-refractivity contribution in [3.63, 3.8) is 0 Å². The van der Waals surface area contributed by atoms with Gasteiger partial charge >= 0.3 is 0 Å². The SMILES string of the molecule is CN(Cc1cncc(Br)c1)CC1CCCCN1. The van der Waals surface area contributed by atoms with Crippen LogP contribution in [0.5, 0.6) is 0 Å². The highest BCUT2D eigenvalue weighted by atomic mass is 79.9. The maximum absolute atomic E-state index is 4.19. The van der Waals surface area contributed by atoms with Crippen LogP contribution in [0.15, 0.2) is 22.9 Å². The number of likely N-dealkylation sites (N-methyl/N-ethyl adjacent to an activating group) is 1. The fourth-order valence-electron chi connectivity index (χ4n) is 2.37. The monoisotopic (exact) mass is 297 g/mol. The summed E-state index contributed by atoms with van der Waals surface area (Å²) in [7, 11) is 2.18. The lowest BCUT2D eigenvalue weighted by Gasteiger charge is -2.28. The van der Waals surface area contributed by atoms with Crippen LogP contribution in [0.25, 0.3) is 0 Å². The first kappa shape index (κ1) is 13.0. The Balaban J connectivity index is 1.82. The van der Waals surface area contributed by atoms with Gasteiger partial charge < -0.3 is 10.2 Å². The van der Waals surface area contributed by atoms with Crippen LogP contribution in [-0.2, 0) is 6.54 Å². The number of halogens is 1. The summed E-state index contributed by atoms with van der Waals surface area (Å²) in [5.41, 5.74) is 1.26. The minimum Gasteiger partial charge on any atom is -0.313 e. The molecule has 0 radical (unpaired) electrons. The van der Waals surface area contributed by atoms with Crippen molar-refractivity contribution in [2.45, 2.75) is 31.8 Å². The highest BCUT2D eigenvalue weighted by molar-refractivity contribution is 9.10. The van der Waals surface area contributed by atoms with E-state index < -0.39 is 0 Å². The van der Waals surface area contributed by atoms with Crippen molar-refractivity contribution in [2.24, 2.45) is 0 Å². The molecule has 1 atom stereocenters. The Kier molecular flexibility index (Phi) is 4.95. The molecule has 1 aliphatic heterocycles. The number of pyridine rings is 1. The van der Waals surface area contributed by atoms with Gasteiger partial charge in [0.25, 0.3) is 0 Å². The second-order valence-corrected chi connectivity index (χ2v) is 5.77. The van der Waals surface area contributed by atoms with Gasteiger partial charge in [0, 0.05) is 36.0 Å². The molecule has 2 rings (SSSR count). The fraction of sp³-hybridized carbons (Fsp3) is 0.615. The molecule has 0 amide bonds. The molecule has 0 aliphatic carbocycles. The van der Waals surface area contributed by atoms with Crippen LogP contribution in [-0.4, -0.2) is 36.1 Å². The van der Waals surface area contributed by atoms with Crippen molar-refractivity contribution >= 4 is 15.9 Å². The summed E-state index contributed by atoms with van der Waals surface area (Å²) in [6.45, 7) is 3.26. The predicted octanol–water partition coefficient (Wildman–Crippen LogP) is 2.42. The zero-order chi connectivity index (χ0) is 12.1. The van der Waals surface area contributed by atoms with Crippen LogP contribution in [0.4, 0.5) is 0 Å². The Morgan fingerprint density at radius 1 is 1.47 bits per heavy atom. The standard InChI is InChI=1S/C13H20BrN3/c1-17(10-13-4-2-3-5-16-13)9-11-6-12(14)8-15-7-11/h6-8,13,16H,2-5,9-10H2,1H3. The van der Waals surface area contributed by atoms with Crippen molar-refractivity contribution < 1.29 is 0 Å². The Morgan fingerprint density at radius 3 is 3.06 bits per heavy atom. The van der Waals surface area contributed by atoms with E-state index in [4.69, 9.17) is 0 Å². The average molecular weight is 298 g/mol. The molecule has 1 fully saturated rings. The van der Waals surface area contributed by atoms with Gasteiger partial charge in [-0.25, -0.2) is 0 Å². The summed E-state index contributed by atoms with van der Waals surface area (Å²) in [4.78, 5) is 6.56. The zero-order valence-electron chi connectivity index (χ0n) is 10.3. The van der Waals surface area contributed by atoms with Gasteiger partial charge in [0.05, 0.1) is 0 Å². The Labute approximate surface area is 112 Å². The van der Waals surface area contributed by atoms with Crippen LogP contribution in [0.2, 0.25) is 0 Å². The minimum absolute atomic E-state index is 0.661. The van der Waals surface area contributed by atoms with Crippen molar-refractivity contribution in [2.75, 3.05) is 20.1 Å². The van der Waals surface area contributed by atoms with E-state index in [9.17, 15) is 0 Å². The van der Waals surface area contributed by atoms with Crippen LogP contribution >= 0.6 is 15.9 Å². The smallest absolute Gasteiger partial charge is 0.0410 e. The molecule has 1 N–H and O–H groups in total. The minimum atomic E-state index is 0.661. The molecule has 1 aliphatic rings. The topological polar surface area (TPSA) is 28.2 Å². The molecule has 3 nitrogen and oxygen atoms in total. The second-order valence-electron chi connectivity index (χ2n) is 4.85. The molecular formula is C13H20BrN3. The number of nitrogens with one attached hydrogen (secondary N) is 1. The fourth-order valence-corrected chi connectivity index (χ4v) is 2.79. The maximum Gasteiger partial charge on any atom is 0.0410 e. The van der Waals surface area contributed by atoms with Gasteiger partial charge in [-0.15, -0.1) is 0 Å². The average Bonchev–Trinajstić information content (AvgIpc) is 2.30. The number of rotatable bonds is 4. The first-order valence-electron chi connectivity index (χ1n) is 6.25. The third-order valence-corrected chi connectivity index (χ3v) is 3.59. The van der Waals surface area contributed by atoms with Gasteiger partial charge in [0.15, 0.2) is 0 Å². The first-order chi connectivity index (χ1) is 8.24. The lowest BCUT2D eigenvalue weighted by atomic mass is 10.0. The first-order valence-corrected chi connectivity index (χ1v) is 7.05. The molecule has 1 saturated heterocycles. The van der Waals surface area contributed by atoms with Crippen molar-refractivity contribution in [1.29, 1.82) is 0 Å². The van der Waals surface area contributed by atoms with E-state index in [0.717, 1.165) is 17.6 Å². The van der Waals surface area contributed by atoms with Gasteiger partial charge in [-0.3, -0.25) is 4.98 Å². The van der Waals surface area contributed by atoms with Gasteiger partial charge in [-0.05, 0) is 54.0 Å². The molecule has 94 valence electrons. The molecular weight excluding hydrogens is 278 g/mol. The van der Waals surface area contributed by atoms with E-state index in [1.807, 2.05) is 12.4 Å². The van der Waals surface area contributed by atoms with Crippen molar-refractivity contribution in [3.8, 4) is 0 Å². The molecule has 0 spiro atoms. The summed E-state index contributed by atoms with van der Waals surface area (Å²) in [6.07, 6.45) is 7.77. The molecule has 17 heavy (non-hydrogen) atoms. The Bertz CT molecular complexity index is 350. The Morgan fingerprint density at radius 2 is 2.35 bits per heavy atom. The van der Waals surface area contributed by atoms with Gasteiger partial charge in [-0.2, -0.15) is 0 Å². The Hall–Kier alpha value is -0.450. The van der Waals surface area contributed by atoms with E-state index in [1.165, 1.54) is 31.4 Å². The number of piperidine rings is 1. The molecule has 2 heterocycles. The molecule has 1 aromatic heterocycles. The molecule has 1 unspecified atom stereocenters. The largest absolute Gasteiger partial charge is 0.313 e. The lowest BCUT2D eigenvalue weighted by Crippen LogP contribution is -2.42. The molecule has 4 heteroatoms. The molecule has 1 aromatic rings. The van der Waals surface area contributed by atoms with Gasteiger partial charge in [0.2, 0.25) is 0 Å². The number of nitrogens with zero attached hydrogens (tertiary/aromatic N) is 2. The van der Waals surface area contributed by atoms with Gasteiger partial charge in [-0.1, -0.05) is 6.42 Å². The highest BCUT2D eigenvalue weighted by Gasteiger charge is 2.14. The molecule has 0 saturated carbocycles. The van der Waals surface area contributed by atoms with Crippen molar-refractivity contribution in [3.05, 3.63) is 28.5 Å². The van der Waals surface area contributed by atoms with E-state index in [0.29, 0.717) is 6.04 Å². The van der Waals surface area contributed by atoms with E-state index in [2.05, 4.69) is 44.2 Å². The number of hydrogen-bond donors (Lipinski definition) is 1. The van der Waals surface area contributed by atoms with Crippen LogP contribution in [0.1, 0.15) is 24.8 Å². The van der Waals surface area contributed by atoms with Crippen LogP contribution < -0.4 is 5.32 Å². The zero-order valence-corrected chi connectivity index (χ0v) is 11.9. The van der Waals surface area contributed by atoms with E-state index in [-0.39, 0.29) is 0 Å². The summed E-state index contributed by atoms with van der Waals surface area (Å²) < 4.78 is 1.05. The molecule has 0 aromatic carbocycles. The number of hydrogen-bond acceptors (Lipinski definition) is 3. The quantitative estimate of drug-likeness (QED) is 0.925. The summed E-state index contributed by atoms with van der Waals surface area (Å²) >= 11 is 3.46. The summed E-state index contributed by atoms with van der Waals surface area (Å²) in [5.74, 6) is 0. The third kappa shape index (κ3) is 4.37. The lowest BCUT2D eigenvalue weighted by molar-refractivity contribution is 0.256. The summed E-state index contributed by atoms with van der Waals surface area (Å²) in [6, 6.07) is 2.80. The second kappa shape index (κ2) is 6.47. The number of aromatic nitrogens is 1. The maximum atomic E-state index is 4.19. The third-order valence-electron chi connectivity index (χ3n) is 3.16. The normalized spacial score (nSPS) is 20.8. The van der Waals surface area contributed by atoms with E-state index >= 15 is 0 Å². The van der Waals surface area contributed by atoms with Crippen molar-refractivity contribution in [1.82, 2.24) is 15.2 Å². The van der Waals surface area contributed by atoms with Crippen LogP contribution in [0.3, 0.4) is 0 Å².